The van der Waals surface area contributed by atoms with Crippen LogP contribution in [-0.4, -0.2) is 5.11 Å². The van der Waals surface area contributed by atoms with Crippen LogP contribution >= 0.6 is 11.6 Å². The fourth-order valence-electron chi connectivity index (χ4n) is 2.45. The van der Waals surface area contributed by atoms with Crippen molar-refractivity contribution in [2.45, 2.75) is 6.10 Å². The fraction of sp³-hybridized carbons (Fsp3) is 0.0588. The zero-order valence-electron chi connectivity index (χ0n) is 10.9. The summed E-state index contributed by atoms with van der Waals surface area (Å²) in [7, 11) is 0. The van der Waals surface area contributed by atoms with Gasteiger partial charge in [0.1, 0.15) is 22.7 Å². The van der Waals surface area contributed by atoms with Gasteiger partial charge in [0.15, 0.2) is 6.10 Å². The molecule has 0 aliphatic carbocycles. The second-order valence-corrected chi connectivity index (χ2v) is 5.36. The van der Waals surface area contributed by atoms with Gasteiger partial charge in [-0.1, -0.05) is 29.8 Å². The molecule has 0 saturated carbocycles. The first-order valence-electron chi connectivity index (χ1n) is 6.56. The highest BCUT2D eigenvalue weighted by Crippen LogP contribution is 2.32. The first-order valence-corrected chi connectivity index (χ1v) is 6.94. The van der Waals surface area contributed by atoms with Crippen LogP contribution in [0.25, 0.3) is 21.9 Å². The molecule has 1 atom stereocenters. The van der Waals surface area contributed by atoms with Crippen molar-refractivity contribution in [2.24, 2.45) is 0 Å². The number of fused-ring (bicyclic) bond motifs is 2. The summed E-state index contributed by atoms with van der Waals surface area (Å²) in [6, 6.07) is 16.6. The molecule has 3 nitrogen and oxygen atoms in total. The van der Waals surface area contributed by atoms with Crippen molar-refractivity contribution in [1.29, 1.82) is 0 Å². The summed E-state index contributed by atoms with van der Waals surface area (Å²) in [5.74, 6) is 0.896. The molecule has 1 unspecified atom stereocenters. The molecular formula is C17H11ClO3. The van der Waals surface area contributed by atoms with E-state index in [1.165, 1.54) is 0 Å². The first kappa shape index (κ1) is 12.5. The average molecular weight is 299 g/mol. The highest BCUT2D eigenvalue weighted by Gasteiger charge is 2.19. The Balaban J connectivity index is 1.79. The van der Waals surface area contributed by atoms with Gasteiger partial charge in [0.05, 0.1) is 0 Å². The molecule has 104 valence electrons. The van der Waals surface area contributed by atoms with Gasteiger partial charge in [-0.15, -0.1) is 0 Å². The second kappa shape index (κ2) is 4.65. The number of benzene rings is 2. The van der Waals surface area contributed by atoms with Gasteiger partial charge in [0.2, 0.25) is 0 Å². The van der Waals surface area contributed by atoms with E-state index in [4.69, 9.17) is 20.4 Å². The Bertz CT molecular complexity index is 902. The maximum Gasteiger partial charge on any atom is 0.169 e. The third kappa shape index (κ3) is 2.11. The van der Waals surface area contributed by atoms with Crippen molar-refractivity contribution in [2.75, 3.05) is 0 Å². The summed E-state index contributed by atoms with van der Waals surface area (Å²) in [6.45, 7) is 0. The summed E-state index contributed by atoms with van der Waals surface area (Å²) < 4.78 is 11.3. The monoisotopic (exact) mass is 298 g/mol. The van der Waals surface area contributed by atoms with Gasteiger partial charge in [-0.2, -0.15) is 0 Å². The van der Waals surface area contributed by atoms with Crippen LogP contribution in [0, 0.1) is 0 Å². The molecule has 0 fully saturated rings. The van der Waals surface area contributed by atoms with E-state index in [1.807, 2.05) is 30.3 Å². The van der Waals surface area contributed by atoms with E-state index in [1.54, 1.807) is 24.3 Å². The standard InChI is InChI=1S/C17H11ClO3/c18-12-5-6-14-11(7-12)9-16(21-14)17(19)15-8-10-3-1-2-4-13(10)20-15/h1-9,17,19H. The summed E-state index contributed by atoms with van der Waals surface area (Å²) in [5, 5.41) is 12.9. The molecule has 4 aromatic rings. The second-order valence-electron chi connectivity index (χ2n) is 4.92. The quantitative estimate of drug-likeness (QED) is 0.571. The largest absolute Gasteiger partial charge is 0.458 e. The van der Waals surface area contributed by atoms with Crippen LogP contribution < -0.4 is 0 Å². The molecule has 21 heavy (non-hydrogen) atoms. The Labute approximate surface area is 125 Å². The lowest BCUT2D eigenvalue weighted by atomic mass is 10.2. The minimum absolute atomic E-state index is 0.436. The molecular weight excluding hydrogens is 288 g/mol. The molecule has 0 amide bonds. The molecule has 1 N–H and O–H groups in total. The molecule has 0 spiro atoms. The third-order valence-electron chi connectivity index (χ3n) is 3.48. The lowest BCUT2D eigenvalue weighted by molar-refractivity contribution is 0.167. The Kier molecular flexibility index (Phi) is 2.77. The van der Waals surface area contributed by atoms with E-state index in [9.17, 15) is 5.11 Å². The van der Waals surface area contributed by atoms with Gasteiger partial charge in [0, 0.05) is 15.8 Å². The summed E-state index contributed by atoms with van der Waals surface area (Å²) in [6.07, 6.45) is -0.941. The highest BCUT2D eigenvalue weighted by atomic mass is 35.5. The number of furan rings is 2. The molecule has 0 aliphatic rings. The Morgan fingerprint density at radius 1 is 0.810 bits per heavy atom. The van der Waals surface area contributed by atoms with Crippen molar-refractivity contribution in [1.82, 2.24) is 0 Å². The van der Waals surface area contributed by atoms with Gasteiger partial charge >= 0.3 is 0 Å². The van der Waals surface area contributed by atoms with Crippen LogP contribution in [0.3, 0.4) is 0 Å². The van der Waals surface area contributed by atoms with Crippen molar-refractivity contribution in [3.8, 4) is 0 Å². The van der Waals surface area contributed by atoms with E-state index < -0.39 is 6.10 Å². The lowest BCUT2D eigenvalue weighted by Crippen LogP contribution is -1.95. The van der Waals surface area contributed by atoms with E-state index in [0.717, 1.165) is 16.4 Å². The van der Waals surface area contributed by atoms with Crippen LogP contribution in [0.5, 0.6) is 0 Å². The smallest absolute Gasteiger partial charge is 0.169 e. The number of para-hydroxylation sites is 1. The number of aliphatic hydroxyl groups is 1. The van der Waals surface area contributed by atoms with Gasteiger partial charge in [-0.05, 0) is 36.4 Å². The lowest BCUT2D eigenvalue weighted by Gasteiger charge is -2.02. The van der Waals surface area contributed by atoms with Gasteiger partial charge in [-0.3, -0.25) is 0 Å². The molecule has 2 aromatic carbocycles. The van der Waals surface area contributed by atoms with E-state index >= 15 is 0 Å². The van der Waals surface area contributed by atoms with Crippen LogP contribution in [0.2, 0.25) is 5.02 Å². The molecule has 0 radical (unpaired) electrons. The van der Waals surface area contributed by atoms with E-state index in [2.05, 4.69) is 0 Å². The molecule has 2 aromatic heterocycles. The van der Waals surface area contributed by atoms with Crippen molar-refractivity contribution >= 4 is 33.5 Å². The van der Waals surface area contributed by atoms with Gasteiger partial charge < -0.3 is 13.9 Å². The van der Waals surface area contributed by atoms with Gasteiger partial charge in [-0.25, -0.2) is 0 Å². The summed E-state index contributed by atoms with van der Waals surface area (Å²) in [5.41, 5.74) is 1.43. The SMILES string of the molecule is OC(c1cc2ccccc2o1)c1cc2cc(Cl)ccc2o1. The Morgan fingerprint density at radius 3 is 2.24 bits per heavy atom. The van der Waals surface area contributed by atoms with Crippen LogP contribution in [0.1, 0.15) is 17.6 Å². The van der Waals surface area contributed by atoms with Gasteiger partial charge in [0.25, 0.3) is 0 Å². The predicted molar refractivity (Wildman–Crippen MR) is 81.5 cm³/mol. The number of hydrogen-bond acceptors (Lipinski definition) is 3. The maximum atomic E-state index is 10.4. The summed E-state index contributed by atoms with van der Waals surface area (Å²) in [4.78, 5) is 0. The van der Waals surface area contributed by atoms with Crippen molar-refractivity contribution < 1.29 is 13.9 Å². The fourth-order valence-corrected chi connectivity index (χ4v) is 2.63. The minimum Gasteiger partial charge on any atom is -0.458 e. The number of rotatable bonds is 2. The predicted octanol–water partition coefficient (Wildman–Crippen LogP) is 4.91. The molecule has 0 aliphatic heterocycles. The molecule has 4 heteroatoms. The normalized spacial score (nSPS) is 13.0. The van der Waals surface area contributed by atoms with Crippen LogP contribution in [-0.2, 0) is 0 Å². The zero-order chi connectivity index (χ0) is 14.4. The van der Waals surface area contributed by atoms with Crippen molar-refractivity contribution in [3.63, 3.8) is 0 Å². The molecule has 4 rings (SSSR count). The number of aliphatic hydroxyl groups excluding tert-OH is 1. The number of hydrogen-bond donors (Lipinski definition) is 1. The van der Waals surface area contributed by atoms with E-state index in [-0.39, 0.29) is 0 Å². The van der Waals surface area contributed by atoms with Crippen molar-refractivity contribution in [3.05, 3.63) is 71.1 Å². The highest BCUT2D eigenvalue weighted by molar-refractivity contribution is 6.31. The molecule has 0 bridgehead atoms. The first-order chi connectivity index (χ1) is 10.2. The Hall–Kier alpha value is -2.23. The van der Waals surface area contributed by atoms with Crippen LogP contribution in [0.15, 0.2) is 63.4 Å². The zero-order valence-corrected chi connectivity index (χ0v) is 11.7. The average Bonchev–Trinajstić information content (AvgIpc) is 3.09. The molecule has 0 saturated heterocycles. The number of halogens is 1. The Morgan fingerprint density at radius 2 is 1.48 bits per heavy atom. The topological polar surface area (TPSA) is 46.5 Å². The third-order valence-corrected chi connectivity index (χ3v) is 3.72. The summed E-state index contributed by atoms with van der Waals surface area (Å²) >= 11 is 5.96. The van der Waals surface area contributed by atoms with Crippen LogP contribution in [0.4, 0.5) is 0 Å². The maximum absolute atomic E-state index is 10.4. The molecule has 2 heterocycles. The minimum atomic E-state index is -0.941. The van der Waals surface area contributed by atoms with E-state index in [0.29, 0.717) is 22.1 Å².